The van der Waals surface area contributed by atoms with Gasteiger partial charge in [-0.1, -0.05) is 26.0 Å². The van der Waals surface area contributed by atoms with Gasteiger partial charge >= 0.3 is 0 Å². The molecule has 1 aliphatic rings. The van der Waals surface area contributed by atoms with Crippen LogP contribution in [0.3, 0.4) is 0 Å². The third kappa shape index (κ3) is 2.74. The van der Waals surface area contributed by atoms with Crippen LogP contribution in [0.25, 0.3) is 0 Å². The molecule has 2 rings (SSSR count). The van der Waals surface area contributed by atoms with Crippen molar-refractivity contribution in [1.29, 1.82) is 0 Å². The molecule has 0 aliphatic heterocycles. The number of ether oxygens (including phenoxy) is 1. The van der Waals surface area contributed by atoms with Gasteiger partial charge in [-0.05, 0) is 25.0 Å². The molecule has 1 saturated carbocycles. The van der Waals surface area contributed by atoms with Crippen molar-refractivity contribution in [3.8, 4) is 0 Å². The van der Waals surface area contributed by atoms with E-state index in [0.29, 0.717) is 18.7 Å². The first-order valence-electron chi connectivity index (χ1n) is 6.84. The molecule has 106 valence electrons. The maximum Gasteiger partial charge on any atom is 0.146 e. The van der Waals surface area contributed by atoms with E-state index in [4.69, 9.17) is 10.5 Å². The van der Waals surface area contributed by atoms with Crippen LogP contribution in [-0.4, -0.2) is 18.8 Å². The lowest BCUT2D eigenvalue weighted by atomic mass is 9.64. The predicted octanol–water partition coefficient (Wildman–Crippen LogP) is 2.70. The Bertz CT molecular complexity index is 448. The van der Waals surface area contributed by atoms with Crippen molar-refractivity contribution in [2.24, 2.45) is 5.41 Å². The summed E-state index contributed by atoms with van der Waals surface area (Å²) in [6.45, 7) is 7.76. The third-order valence-corrected chi connectivity index (χ3v) is 4.23. The fraction of sp³-hybridized carbons (Fsp3) is 0.600. The van der Waals surface area contributed by atoms with Crippen LogP contribution in [0, 0.1) is 11.2 Å². The second-order valence-corrected chi connectivity index (χ2v) is 5.75. The van der Waals surface area contributed by atoms with Gasteiger partial charge in [0.1, 0.15) is 5.82 Å². The molecule has 3 nitrogen and oxygen atoms in total. The number of hydrogen-bond acceptors (Lipinski definition) is 3. The Morgan fingerprint density at radius 3 is 2.84 bits per heavy atom. The van der Waals surface area contributed by atoms with Crippen LogP contribution in [0.2, 0.25) is 0 Å². The van der Waals surface area contributed by atoms with E-state index in [9.17, 15) is 4.39 Å². The zero-order chi connectivity index (χ0) is 14.0. The molecule has 0 heterocycles. The van der Waals surface area contributed by atoms with Crippen LogP contribution < -0.4 is 11.1 Å². The first kappa shape index (κ1) is 14.3. The molecule has 0 aromatic heterocycles. The summed E-state index contributed by atoms with van der Waals surface area (Å²) >= 11 is 0. The molecule has 0 radical (unpaired) electrons. The summed E-state index contributed by atoms with van der Waals surface area (Å²) in [5, 5.41) is 3.46. The van der Waals surface area contributed by atoms with Crippen molar-refractivity contribution in [3.63, 3.8) is 0 Å². The van der Waals surface area contributed by atoms with E-state index < -0.39 is 0 Å². The molecule has 0 bridgehead atoms. The fourth-order valence-corrected chi connectivity index (χ4v) is 2.68. The second-order valence-electron chi connectivity index (χ2n) is 5.75. The first-order chi connectivity index (χ1) is 8.96. The van der Waals surface area contributed by atoms with E-state index in [1.54, 1.807) is 6.07 Å². The zero-order valence-corrected chi connectivity index (χ0v) is 11.9. The minimum absolute atomic E-state index is 0.109. The van der Waals surface area contributed by atoms with Crippen molar-refractivity contribution in [3.05, 3.63) is 29.6 Å². The van der Waals surface area contributed by atoms with E-state index >= 15 is 0 Å². The highest BCUT2D eigenvalue weighted by molar-refractivity contribution is 5.47. The highest BCUT2D eigenvalue weighted by atomic mass is 19.1. The molecule has 19 heavy (non-hydrogen) atoms. The lowest BCUT2D eigenvalue weighted by molar-refractivity contribution is -0.114. The molecule has 1 aliphatic carbocycles. The number of nitrogens with two attached hydrogens (primary N) is 1. The molecule has 2 unspecified atom stereocenters. The first-order valence-corrected chi connectivity index (χ1v) is 6.84. The van der Waals surface area contributed by atoms with Gasteiger partial charge in [0.2, 0.25) is 0 Å². The van der Waals surface area contributed by atoms with E-state index in [2.05, 4.69) is 19.2 Å². The summed E-state index contributed by atoms with van der Waals surface area (Å²) < 4.78 is 19.0. The number of anilines is 1. The lowest BCUT2D eigenvalue weighted by Crippen LogP contribution is -2.60. The number of nitrogens with one attached hydrogen (secondary N) is 1. The summed E-state index contributed by atoms with van der Waals surface area (Å²) in [5.41, 5.74) is 6.90. The predicted molar refractivity (Wildman–Crippen MR) is 75.3 cm³/mol. The van der Waals surface area contributed by atoms with Gasteiger partial charge in [0.15, 0.2) is 0 Å². The molecule has 0 spiro atoms. The van der Waals surface area contributed by atoms with Crippen molar-refractivity contribution in [2.75, 3.05) is 12.3 Å². The third-order valence-electron chi connectivity index (χ3n) is 4.23. The number of nitrogen functional groups attached to an aromatic ring is 1. The molecule has 2 atom stereocenters. The van der Waals surface area contributed by atoms with Crippen LogP contribution in [0.15, 0.2) is 18.2 Å². The highest BCUT2D eigenvalue weighted by Gasteiger charge is 2.48. The number of benzene rings is 1. The lowest BCUT2D eigenvalue weighted by Gasteiger charge is -2.52. The van der Waals surface area contributed by atoms with Crippen LogP contribution >= 0.6 is 0 Å². The van der Waals surface area contributed by atoms with Gasteiger partial charge < -0.3 is 15.8 Å². The maximum absolute atomic E-state index is 13.3. The molecule has 4 heteroatoms. The molecule has 0 amide bonds. The largest absolute Gasteiger partial charge is 0.396 e. The maximum atomic E-state index is 13.3. The van der Waals surface area contributed by atoms with Crippen LogP contribution in [0.5, 0.6) is 0 Å². The Balaban J connectivity index is 1.92. The monoisotopic (exact) mass is 266 g/mol. The number of rotatable bonds is 5. The Labute approximate surface area is 114 Å². The zero-order valence-electron chi connectivity index (χ0n) is 11.9. The summed E-state index contributed by atoms with van der Waals surface area (Å²) in [6, 6.07) is 5.32. The summed E-state index contributed by atoms with van der Waals surface area (Å²) in [4.78, 5) is 0. The Morgan fingerprint density at radius 2 is 2.21 bits per heavy atom. The Hall–Kier alpha value is -1.13. The topological polar surface area (TPSA) is 47.3 Å². The van der Waals surface area contributed by atoms with Crippen LogP contribution in [-0.2, 0) is 11.3 Å². The highest BCUT2D eigenvalue weighted by Crippen LogP contribution is 2.42. The van der Waals surface area contributed by atoms with Crippen molar-refractivity contribution < 1.29 is 9.13 Å². The Morgan fingerprint density at radius 1 is 1.47 bits per heavy atom. The molecule has 0 saturated heterocycles. The quantitative estimate of drug-likeness (QED) is 0.806. The smallest absolute Gasteiger partial charge is 0.146 e. The fourth-order valence-electron chi connectivity index (χ4n) is 2.68. The van der Waals surface area contributed by atoms with E-state index in [1.807, 2.05) is 13.0 Å². The van der Waals surface area contributed by atoms with Gasteiger partial charge in [-0.15, -0.1) is 0 Å². The van der Waals surface area contributed by atoms with Crippen LogP contribution in [0.4, 0.5) is 10.1 Å². The van der Waals surface area contributed by atoms with Gasteiger partial charge in [0, 0.05) is 24.6 Å². The summed E-state index contributed by atoms with van der Waals surface area (Å²) in [5.74, 6) is -0.348. The number of halogens is 1. The average Bonchev–Trinajstić information content (AvgIpc) is 2.37. The minimum atomic E-state index is -0.348. The Kier molecular flexibility index (Phi) is 4.11. The van der Waals surface area contributed by atoms with Crippen molar-refractivity contribution >= 4 is 5.69 Å². The number of hydrogen-bond donors (Lipinski definition) is 2. The molecule has 3 N–H and O–H groups in total. The normalized spacial score (nSPS) is 25.1. The SMILES string of the molecule is CCOC1CC(NCc2cccc(F)c2N)C1(C)C. The summed E-state index contributed by atoms with van der Waals surface area (Å²) in [6.07, 6.45) is 1.30. The summed E-state index contributed by atoms with van der Waals surface area (Å²) in [7, 11) is 0. The molecular formula is C15H23FN2O. The van der Waals surface area contributed by atoms with Gasteiger partial charge in [-0.25, -0.2) is 4.39 Å². The molecule has 1 aromatic carbocycles. The van der Waals surface area contributed by atoms with Crippen LogP contribution in [0.1, 0.15) is 32.8 Å². The number of para-hydroxylation sites is 1. The molecular weight excluding hydrogens is 243 g/mol. The van der Waals surface area contributed by atoms with E-state index in [1.165, 1.54) is 6.07 Å². The minimum Gasteiger partial charge on any atom is -0.396 e. The van der Waals surface area contributed by atoms with E-state index in [-0.39, 0.29) is 16.9 Å². The van der Waals surface area contributed by atoms with Crippen molar-refractivity contribution in [1.82, 2.24) is 5.32 Å². The van der Waals surface area contributed by atoms with Gasteiger partial charge in [-0.2, -0.15) is 0 Å². The molecule has 1 fully saturated rings. The van der Waals surface area contributed by atoms with E-state index in [0.717, 1.165) is 18.6 Å². The average molecular weight is 266 g/mol. The second kappa shape index (κ2) is 5.47. The van der Waals surface area contributed by atoms with Crippen molar-refractivity contribution in [2.45, 2.75) is 45.9 Å². The van der Waals surface area contributed by atoms with Gasteiger partial charge in [0.25, 0.3) is 0 Å². The molecule has 1 aromatic rings. The van der Waals surface area contributed by atoms with Gasteiger partial charge in [0.05, 0.1) is 11.8 Å². The van der Waals surface area contributed by atoms with Gasteiger partial charge in [-0.3, -0.25) is 0 Å². The standard InChI is InChI=1S/C15H23FN2O/c1-4-19-13-8-12(15(13,2)3)18-9-10-6-5-7-11(16)14(10)17/h5-7,12-13,18H,4,8-9,17H2,1-3H3.